The van der Waals surface area contributed by atoms with E-state index in [0.717, 1.165) is 5.41 Å². The van der Waals surface area contributed by atoms with E-state index in [1.807, 2.05) is 0 Å². The van der Waals surface area contributed by atoms with E-state index in [1.165, 1.54) is 25.3 Å². The maximum absolute atomic E-state index is 12.3. The number of ether oxygens (including phenoxy) is 1. The van der Waals surface area contributed by atoms with Crippen molar-refractivity contribution in [2.75, 3.05) is 11.8 Å². The number of sulfonamides is 2. The topological polar surface area (TPSA) is 116 Å². The monoisotopic (exact) mass is 416 g/mol. The Hall–Kier alpha value is -2.07. The summed E-state index contributed by atoms with van der Waals surface area (Å²) in [5.41, 5.74) is 0.974. The number of hydrogen-bond donors (Lipinski definition) is 2. The Morgan fingerprint density at radius 3 is 2.42 bits per heavy atom. The predicted octanol–water partition coefficient (Wildman–Crippen LogP) is 2.72. The van der Waals surface area contributed by atoms with Crippen LogP contribution >= 0.6 is 11.6 Å². The van der Waals surface area contributed by atoms with Crippen LogP contribution in [0.1, 0.15) is 11.1 Å². The lowest BCUT2D eigenvalue weighted by Gasteiger charge is -2.10. The summed E-state index contributed by atoms with van der Waals surface area (Å²) < 4.78 is 55.3. The van der Waals surface area contributed by atoms with Gasteiger partial charge in [-0.25, -0.2) is 22.0 Å². The molecule has 10 heteroatoms. The third-order valence-corrected chi connectivity index (χ3v) is 5.50. The Morgan fingerprint density at radius 1 is 1.12 bits per heavy atom. The molecule has 0 saturated heterocycles. The van der Waals surface area contributed by atoms with E-state index < -0.39 is 20.0 Å². The number of anilines is 1. The first-order chi connectivity index (χ1) is 12.0. The molecule has 0 bridgehead atoms. The molecule has 2 rings (SSSR count). The maximum atomic E-state index is 12.3. The molecule has 0 aromatic heterocycles. The van der Waals surface area contributed by atoms with Gasteiger partial charge in [-0.2, -0.15) is 0 Å². The number of nitrogens with two attached hydrogens (primary N) is 1. The van der Waals surface area contributed by atoms with Crippen molar-refractivity contribution in [3.63, 3.8) is 0 Å². The Morgan fingerprint density at radius 2 is 1.81 bits per heavy atom. The lowest BCUT2D eigenvalue weighted by molar-refractivity contribution is 0.414. The summed E-state index contributed by atoms with van der Waals surface area (Å²) in [6.45, 7) is 1.67. The highest BCUT2D eigenvalue weighted by Crippen LogP contribution is 2.26. The first-order valence-electron chi connectivity index (χ1n) is 7.20. The SMILES string of the molecule is COc1cc(Cl)ccc1/C=C/S(=O)(=O)Nc1ccc(C)cc1S(N)(=O)=O. The number of rotatable bonds is 6. The number of hydrogen-bond acceptors (Lipinski definition) is 5. The molecular formula is C16H17ClN2O5S2. The molecule has 0 amide bonds. The molecule has 0 atom stereocenters. The van der Waals surface area contributed by atoms with Crippen LogP contribution in [0, 0.1) is 6.92 Å². The molecule has 2 aromatic rings. The minimum Gasteiger partial charge on any atom is -0.496 e. The number of methoxy groups -OCH3 is 1. The zero-order chi connectivity index (χ0) is 19.5. The van der Waals surface area contributed by atoms with Gasteiger partial charge in [0.2, 0.25) is 10.0 Å². The van der Waals surface area contributed by atoms with Crippen molar-refractivity contribution in [3.05, 3.63) is 58.0 Å². The van der Waals surface area contributed by atoms with Crippen LogP contribution in [-0.2, 0) is 20.0 Å². The predicted molar refractivity (Wildman–Crippen MR) is 102 cm³/mol. The number of primary sulfonamides is 1. The van der Waals surface area contributed by atoms with Crippen LogP contribution in [0.25, 0.3) is 6.08 Å². The van der Waals surface area contributed by atoms with Crippen molar-refractivity contribution >= 4 is 43.4 Å². The van der Waals surface area contributed by atoms with Gasteiger partial charge in [0.05, 0.1) is 18.2 Å². The van der Waals surface area contributed by atoms with Crippen molar-refractivity contribution in [2.24, 2.45) is 5.14 Å². The molecule has 0 aliphatic rings. The van der Waals surface area contributed by atoms with Gasteiger partial charge < -0.3 is 4.74 Å². The number of aryl methyl sites for hydroxylation is 1. The van der Waals surface area contributed by atoms with E-state index >= 15 is 0 Å². The molecule has 140 valence electrons. The zero-order valence-electron chi connectivity index (χ0n) is 13.9. The van der Waals surface area contributed by atoms with Crippen molar-refractivity contribution < 1.29 is 21.6 Å². The molecule has 7 nitrogen and oxygen atoms in total. The number of halogens is 1. The molecular weight excluding hydrogens is 400 g/mol. The van der Waals surface area contributed by atoms with Gasteiger partial charge in [0.1, 0.15) is 10.6 Å². The molecule has 0 radical (unpaired) electrons. The Bertz CT molecular complexity index is 1060. The van der Waals surface area contributed by atoms with Gasteiger partial charge in [-0.05, 0) is 48.9 Å². The third kappa shape index (κ3) is 5.21. The van der Waals surface area contributed by atoms with E-state index in [9.17, 15) is 16.8 Å². The van der Waals surface area contributed by atoms with Crippen molar-refractivity contribution in [1.82, 2.24) is 0 Å². The molecule has 0 aliphatic carbocycles. The van der Waals surface area contributed by atoms with Crippen LogP contribution in [0.3, 0.4) is 0 Å². The molecule has 0 unspecified atom stereocenters. The van der Waals surface area contributed by atoms with Gasteiger partial charge in [0, 0.05) is 10.6 Å². The van der Waals surface area contributed by atoms with E-state index in [2.05, 4.69) is 4.72 Å². The lowest BCUT2D eigenvalue weighted by atomic mass is 10.2. The highest BCUT2D eigenvalue weighted by molar-refractivity contribution is 7.95. The molecule has 3 N–H and O–H groups in total. The highest BCUT2D eigenvalue weighted by atomic mass is 35.5. The van der Waals surface area contributed by atoms with E-state index in [4.69, 9.17) is 21.5 Å². The van der Waals surface area contributed by atoms with Gasteiger partial charge in [-0.15, -0.1) is 0 Å². The van der Waals surface area contributed by atoms with Crippen molar-refractivity contribution in [3.8, 4) is 5.75 Å². The maximum Gasteiger partial charge on any atom is 0.255 e. The van der Waals surface area contributed by atoms with E-state index in [0.29, 0.717) is 21.9 Å². The first-order valence-corrected chi connectivity index (χ1v) is 10.7. The second kappa shape index (κ2) is 7.67. The van der Waals surface area contributed by atoms with Crippen molar-refractivity contribution in [2.45, 2.75) is 11.8 Å². The van der Waals surface area contributed by atoms with Gasteiger partial charge >= 0.3 is 0 Å². The summed E-state index contributed by atoms with van der Waals surface area (Å²) in [6.07, 6.45) is 1.31. The largest absolute Gasteiger partial charge is 0.496 e. The Labute approximate surface area is 157 Å². The molecule has 0 spiro atoms. The summed E-state index contributed by atoms with van der Waals surface area (Å²) in [4.78, 5) is -0.307. The second-order valence-electron chi connectivity index (χ2n) is 5.38. The van der Waals surface area contributed by atoms with Crippen molar-refractivity contribution in [1.29, 1.82) is 0 Å². The summed E-state index contributed by atoms with van der Waals surface area (Å²) in [6, 6.07) is 8.92. The number of nitrogens with one attached hydrogen (secondary N) is 1. The van der Waals surface area contributed by atoms with Gasteiger partial charge in [-0.1, -0.05) is 17.7 Å². The van der Waals surface area contributed by atoms with Gasteiger partial charge in [0.25, 0.3) is 10.0 Å². The van der Waals surface area contributed by atoms with Gasteiger partial charge in [-0.3, -0.25) is 4.72 Å². The molecule has 0 saturated carbocycles. The average Bonchev–Trinajstić information content (AvgIpc) is 2.54. The summed E-state index contributed by atoms with van der Waals surface area (Å²) in [7, 11) is -6.67. The molecule has 26 heavy (non-hydrogen) atoms. The Kier molecular flexibility index (Phi) is 5.97. The van der Waals surface area contributed by atoms with Crippen LogP contribution in [0.15, 0.2) is 46.7 Å². The minimum absolute atomic E-state index is 0.133. The fourth-order valence-corrected chi connectivity index (χ4v) is 4.00. The molecule has 0 heterocycles. The zero-order valence-corrected chi connectivity index (χ0v) is 16.3. The highest BCUT2D eigenvalue weighted by Gasteiger charge is 2.17. The van der Waals surface area contributed by atoms with Gasteiger partial charge in [0.15, 0.2) is 0 Å². The fourth-order valence-electron chi connectivity index (χ4n) is 2.12. The summed E-state index contributed by atoms with van der Waals surface area (Å²) >= 11 is 5.86. The van der Waals surface area contributed by atoms with Crippen LogP contribution < -0.4 is 14.6 Å². The van der Waals surface area contributed by atoms with Crippen LogP contribution in [0.2, 0.25) is 5.02 Å². The summed E-state index contributed by atoms with van der Waals surface area (Å²) in [5, 5.41) is 6.49. The van der Waals surface area contributed by atoms with Crippen LogP contribution in [-0.4, -0.2) is 23.9 Å². The normalized spacial score (nSPS) is 12.3. The Balaban J connectivity index is 2.36. The van der Waals surface area contributed by atoms with E-state index in [-0.39, 0.29) is 10.6 Å². The fraction of sp³-hybridized carbons (Fsp3) is 0.125. The lowest BCUT2D eigenvalue weighted by Crippen LogP contribution is -2.17. The number of benzene rings is 2. The van der Waals surface area contributed by atoms with Crippen LogP contribution in [0.5, 0.6) is 5.75 Å². The smallest absolute Gasteiger partial charge is 0.255 e. The average molecular weight is 417 g/mol. The standard InChI is InChI=1S/C16H17ClN2O5S2/c1-11-3-6-14(16(9-11)26(18,22)23)19-25(20,21)8-7-12-4-5-13(17)10-15(12)24-2/h3-10,19H,1-2H3,(H2,18,22,23)/b8-7+. The van der Waals surface area contributed by atoms with Crippen LogP contribution in [0.4, 0.5) is 5.69 Å². The second-order valence-corrected chi connectivity index (χ2v) is 8.91. The quantitative estimate of drug-likeness (QED) is 0.751. The summed E-state index contributed by atoms with van der Waals surface area (Å²) in [5.74, 6) is 0.393. The molecule has 2 aromatic carbocycles. The molecule has 0 aliphatic heterocycles. The first kappa shape index (κ1) is 20.2. The minimum atomic E-state index is -4.10. The van der Waals surface area contributed by atoms with E-state index in [1.54, 1.807) is 31.2 Å². The molecule has 0 fully saturated rings. The third-order valence-electron chi connectivity index (χ3n) is 3.32.